The smallest absolute Gasteiger partial charge is 0.328 e. The van der Waals surface area contributed by atoms with Crippen LogP contribution in [0.2, 0.25) is 0 Å². The summed E-state index contributed by atoms with van der Waals surface area (Å²) < 4.78 is 0. The Bertz CT molecular complexity index is 1690. The van der Waals surface area contributed by atoms with Crippen LogP contribution < -0.4 is 38.1 Å². The number of aromatic nitrogens is 2. The number of carboxylic acid groups (broad SMARTS) is 1. The van der Waals surface area contributed by atoms with Gasteiger partial charge in [-0.3, -0.25) is 38.4 Å². The van der Waals surface area contributed by atoms with Gasteiger partial charge in [-0.1, -0.05) is 13.8 Å². The number of nitrogens with two attached hydrogens (primary N) is 2. The summed E-state index contributed by atoms with van der Waals surface area (Å²) >= 11 is 0. The minimum absolute atomic E-state index is 0.155. The van der Waals surface area contributed by atoms with E-state index in [-0.39, 0.29) is 31.2 Å². The Morgan fingerprint density at radius 1 is 0.767 bits per heavy atom. The van der Waals surface area contributed by atoms with Crippen LogP contribution in [0.25, 0.3) is 0 Å². The Kier molecular flexibility index (Phi) is 18.8. The van der Waals surface area contributed by atoms with Crippen molar-refractivity contribution in [2.45, 2.75) is 114 Å². The number of aromatic amines is 1. The Balaban J connectivity index is 1.72. The zero-order valence-corrected chi connectivity index (χ0v) is 33.5. The van der Waals surface area contributed by atoms with Crippen LogP contribution in [0.15, 0.2) is 12.5 Å². The summed E-state index contributed by atoms with van der Waals surface area (Å²) in [5, 5.41) is 49.7. The van der Waals surface area contributed by atoms with Gasteiger partial charge in [0, 0.05) is 37.8 Å². The fourth-order valence-corrected chi connectivity index (χ4v) is 6.92. The number of likely N-dealkylation sites (tertiary alicyclic amines) is 2. The largest absolute Gasteiger partial charge is 0.480 e. The van der Waals surface area contributed by atoms with E-state index in [9.17, 15) is 58.5 Å². The number of rotatable bonds is 23. The second-order valence-corrected chi connectivity index (χ2v) is 15.1. The number of primary amides is 1. The highest BCUT2D eigenvalue weighted by Crippen LogP contribution is 2.26. The number of carbonyl (C=O) groups is 9. The summed E-state index contributed by atoms with van der Waals surface area (Å²) in [5.74, 6) is -8.28. The molecule has 8 amide bonds. The minimum atomic E-state index is -1.82. The van der Waals surface area contributed by atoms with E-state index in [0.29, 0.717) is 37.9 Å². The van der Waals surface area contributed by atoms with Gasteiger partial charge < -0.3 is 73.3 Å². The van der Waals surface area contributed by atoms with E-state index in [1.807, 2.05) is 19.2 Å². The van der Waals surface area contributed by atoms with E-state index < -0.39 is 128 Å². The van der Waals surface area contributed by atoms with Crippen LogP contribution in [0.1, 0.15) is 64.5 Å². The first-order chi connectivity index (χ1) is 28.4. The van der Waals surface area contributed by atoms with Crippen LogP contribution in [0.3, 0.4) is 0 Å². The predicted octanol–water partition coefficient (Wildman–Crippen LogP) is -5.94. The molecule has 334 valence electrons. The van der Waals surface area contributed by atoms with Crippen LogP contribution >= 0.6 is 0 Å². The zero-order valence-electron chi connectivity index (χ0n) is 33.5. The molecule has 14 N–H and O–H groups in total. The third-order valence-electron chi connectivity index (χ3n) is 10.1. The van der Waals surface area contributed by atoms with Gasteiger partial charge in [-0.2, -0.15) is 0 Å². The summed E-state index contributed by atoms with van der Waals surface area (Å²) in [7, 11) is 0. The number of amides is 8. The highest BCUT2D eigenvalue weighted by atomic mass is 16.4. The van der Waals surface area contributed by atoms with Crippen LogP contribution in [0, 0.1) is 5.92 Å². The molecule has 0 aliphatic carbocycles. The molecule has 0 bridgehead atoms. The van der Waals surface area contributed by atoms with E-state index in [2.05, 4.69) is 31.2 Å². The molecule has 3 heterocycles. The minimum Gasteiger partial charge on any atom is -0.480 e. The monoisotopic (exact) mass is 851 g/mol. The van der Waals surface area contributed by atoms with Crippen LogP contribution in [-0.2, 0) is 49.6 Å². The number of hydrogen-bond acceptors (Lipinski definition) is 14. The van der Waals surface area contributed by atoms with Crippen molar-refractivity contribution in [3.63, 3.8) is 0 Å². The van der Waals surface area contributed by atoms with Crippen molar-refractivity contribution < 1.29 is 63.6 Å². The van der Waals surface area contributed by atoms with Crippen molar-refractivity contribution in [3.8, 4) is 0 Å². The molecule has 0 saturated carbocycles. The Labute approximate surface area is 344 Å². The molecular weight excluding hydrogens is 794 g/mol. The second-order valence-electron chi connectivity index (χ2n) is 15.1. The molecule has 2 saturated heterocycles. The molecule has 3 rings (SSSR count). The van der Waals surface area contributed by atoms with Gasteiger partial charge in [-0.25, -0.2) is 9.78 Å². The number of nitrogens with zero attached hydrogens (tertiary/aromatic N) is 3. The van der Waals surface area contributed by atoms with Crippen LogP contribution in [0.4, 0.5) is 0 Å². The van der Waals surface area contributed by atoms with Gasteiger partial charge in [-0.05, 0) is 44.4 Å². The van der Waals surface area contributed by atoms with E-state index >= 15 is 0 Å². The maximum atomic E-state index is 13.9. The summed E-state index contributed by atoms with van der Waals surface area (Å²) in [6, 6.07) is -11.0. The number of nitrogens with one attached hydrogen (secondary N) is 6. The number of aliphatic carboxylic acids is 1. The molecule has 0 spiro atoms. The van der Waals surface area contributed by atoms with Gasteiger partial charge in [0.1, 0.15) is 42.3 Å². The maximum Gasteiger partial charge on any atom is 0.328 e. The summed E-state index contributed by atoms with van der Waals surface area (Å²) in [6.45, 7) is 1.31. The zero-order chi connectivity index (χ0) is 44.7. The first-order valence-corrected chi connectivity index (χ1v) is 19.6. The molecular formula is C36H57N11O13. The molecule has 24 heteroatoms. The fraction of sp³-hybridized carbons (Fsp3) is 0.667. The second kappa shape index (κ2) is 23.2. The lowest BCUT2D eigenvalue weighted by molar-refractivity contribution is -0.147. The molecule has 0 radical (unpaired) electrons. The first-order valence-electron chi connectivity index (χ1n) is 19.6. The molecule has 24 nitrogen and oxygen atoms in total. The molecule has 2 aliphatic rings. The lowest BCUT2D eigenvalue weighted by Crippen LogP contribution is -2.61. The van der Waals surface area contributed by atoms with Crippen LogP contribution in [0.5, 0.6) is 0 Å². The quantitative estimate of drug-likeness (QED) is 0.0488. The van der Waals surface area contributed by atoms with E-state index in [1.165, 1.54) is 22.3 Å². The molecule has 1 aromatic rings. The summed E-state index contributed by atoms with van der Waals surface area (Å²) in [4.78, 5) is 126. The number of aliphatic hydroxyl groups is 3. The number of carboxylic acids is 1. The van der Waals surface area contributed by atoms with Crippen molar-refractivity contribution in [2.24, 2.45) is 17.4 Å². The molecule has 2 aliphatic heterocycles. The van der Waals surface area contributed by atoms with Gasteiger partial charge in [0.25, 0.3) is 0 Å². The van der Waals surface area contributed by atoms with Gasteiger partial charge in [-0.15, -0.1) is 0 Å². The van der Waals surface area contributed by atoms with Gasteiger partial charge >= 0.3 is 5.97 Å². The molecule has 0 aromatic carbocycles. The molecule has 2 fully saturated rings. The Hall–Kier alpha value is -5.72. The topological polar surface area (TPSA) is 382 Å². The number of carbonyl (C=O) groups excluding carboxylic acids is 8. The van der Waals surface area contributed by atoms with E-state index in [1.54, 1.807) is 0 Å². The lowest BCUT2D eigenvalue weighted by Gasteiger charge is -2.33. The maximum absolute atomic E-state index is 13.9. The average molecular weight is 852 g/mol. The molecule has 1 aromatic heterocycles. The van der Waals surface area contributed by atoms with E-state index in [0.717, 1.165) is 0 Å². The summed E-state index contributed by atoms with van der Waals surface area (Å²) in [5.41, 5.74) is 11.7. The average Bonchev–Trinajstić information content (AvgIpc) is 4.01. The third kappa shape index (κ3) is 13.7. The molecule has 8 atom stereocenters. The number of imidazole rings is 1. The predicted molar refractivity (Wildman–Crippen MR) is 206 cm³/mol. The Morgan fingerprint density at radius 3 is 1.80 bits per heavy atom. The SMILES string of the molecule is CC(C)C[C@H](N)C(=O)N1CCC[C@H]1C(=O)N1CCC[C@H]1C(=O)N[C@@H](Cc1cnc[nH]1)C(=O)N[C@@H](CO)C(=O)N[C@@H](CO)C(=O)N[C@@H](CCC(N)=O)C(=O)N[C@@H](CO)C(=O)O. The van der Waals surface area contributed by atoms with Gasteiger partial charge in [0.2, 0.25) is 47.3 Å². The highest BCUT2D eigenvalue weighted by Gasteiger charge is 2.44. The van der Waals surface area contributed by atoms with Crippen molar-refractivity contribution in [1.82, 2.24) is 46.4 Å². The van der Waals surface area contributed by atoms with Crippen molar-refractivity contribution in [1.29, 1.82) is 0 Å². The van der Waals surface area contributed by atoms with Gasteiger partial charge in [0.15, 0.2) is 0 Å². The fourth-order valence-electron chi connectivity index (χ4n) is 6.92. The van der Waals surface area contributed by atoms with Crippen molar-refractivity contribution in [2.75, 3.05) is 32.9 Å². The third-order valence-corrected chi connectivity index (χ3v) is 10.1. The van der Waals surface area contributed by atoms with Crippen molar-refractivity contribution >= 4 is 53.2 Å². The number of hydrogen-bond donors (Lipinski definition) is 12. The molecule has 60 heavy (non-hydrogen) atoms. The first kappa shape index (κ1) is 48.6. The standard InChI is InChI=1S/C36H57N11O13/c1-18(2)11-20(37)34(57)47-10-4-6-27(47)35(58)46-9-3-5-26(46)33(56)42-22(12-19-13-39-17-40-19)30(53)43-24(15-49)32(55)44-23(14-48)31(54)41-21(7-8-28(38)51)29(52)45-25(16-50)36(59)60/h13,17-18,20-27,48-50H,3-12,14-16,37H2,1-2H3,(H2,38,51)(H,39,40)(H,41,54)(H,42,56)(H,43,53)(H,44,55)(H,45,52)(H,59,60)/t20-,21-,22-,23-,24-,25-,26-,27-/m0/s1. The lowest BCUT2D eigenvalue weighted by atomic mass is 10.0. The normalized spacial score (nSPS) is 19.3. The van der Waals surface area contributed by atoms with E-state index in [4.69, 9.17) is 16.6 Å². The highest BCUT2D eigenvalue weighted by molar-refractivity contribution is 5.98. The van der Waals surface area contributed by atoms with Gasteiger partial charge in [0.05, 0.1) is 32.2 Å². The number of H-pyrrole nitrogens is 1. The summed E-state index contributed by atoms with van der Waals surface area (Å²) in [6.07, 6.45) is 3.75. The Morgan fingerprint density at radius 2 is 1.28 bits per heavy atom. The van der Waals surface area contributed by atoms with Crippen LogP contribution in [-0.4, -0.2) is 175 Å². The van der Waals surface area contributed by atoms with Crippen molar-refractivity contribution in [3.05, 3.63) is 18.2 Å². The molecule has 0 unspecified atom stereocenters. The number of aliphatic hydroxyl groups excluding tert-OH is 3.